The Labute approximate surface area is 185 Å². The van der Waals surface area contributed by atoms with Crippen molar-refractivity contribution in [2.45, 2.75) is 57.4 Å². The summed E-state index contributed by atoms with van der Waals surface area (Å²) < 4.78 is 0. The summed E-state index contributed by atoms with van der Waals surface area (Å²) in [7, 11) is 0. The van der Waals surface area contributed by atoms with E-state index < -0.39 is 0 Å². The van der Waals surface area contributed by atoms with Crippen molar-refractivity contribution in [3.63, 3.8) is 0 Å². The summed E-state index contributed by atoms with van der Waals surface area (Å²) in [6.07, 6.45) is 12.7. The SMILES string of the molecule is O=C(C1CCCN1C(=O)C12CC3CC(CC(C3)C1)C2)N1CCN(c2ccncc2)CC1. The van der Waals surface area contributed by atoms with E-state index >= 15 is 0 Å². The van der Waals surface area contributed by atoms with Crippen LogP contribution in [0.3, 0.4) is 0 Å². The molecular weight excluding hydrogens is 388 g/mol. The first-order valence-corrected chi connectivity index (χ1v) is 12.4. The number of hydrogen-bond acceptors (Lipinski definition) is 4. The largest absolute Gasteiger partial charge is 0.368 e. The third kappa shape index (κ3) is 3.33. The number of hydrogen-bond donors (Lipinski definition) is 0. The Balaban J connectivity index is 1.13. The average Bonchev–Trinajstić information content (AvgIpc) is 3.28. The lowest BCUT2D eigenvalue weighted by Crippen LogP contribution is -2.59. The summed E-state index contributed by atoms with van der Waals surface area (Å²) in [4.78, 5) is 37.8. The summed E-state index contributed by atoms with van der Waals surface area (Å²) in [6.45, 7) is 3.92. The van der Waals surface area contributed by atoms with Crippen molar-refractivity contribution in [3.8, 4) is 0 Å². The molecule has 1 aromatic heterocycles. The lowest BCUT2D eigenvalue weighted by Gasteiger charge is -2.56. The second kappa shape index (κ2) is 7.49. The molecular formula is C25H34N4O2. The van der Waals surface area contributed by atoms with Crippen molar-refractivity contribution < 1.29 is 9.59 Å². The van der Waals surface area contributed by atoms with Gasteiger partial charge in [-0.2, -0.15) is 0 Å². The van der Waals surface area contributed by atoms with Gasteiger partial charge in [0.1, 0.15) is 6.04 Å². The molecule has 2 aliphatic heterocycles. The van der Waals surface area contributed by atoms with Crippen LogP contribution in [0.25, 0.3) is 0 Å². The van der Waals surface area contributed by atoms with Crippen LogP contribution in [-0.2, 0) is 9.59 Å². The fraction of sp³-hybridized carbons (Fsp3) is 0.720. The Morgan fingerprint density at radius 3 is 2.10 bits per heavy atom. The number of carbonyl (C=O) groups excluding carboxylic acids is 2. The van der Waals surface area contributed by atoms with E-state index in [0.29, 0.717) is 5.91 Å². The van der Waals surface area contributed by atoms with Gasteiger partial charge in [0.25, 0.3) is 0 Å². The van der Waals surface area contributed by atoms with Crippen LogP contribution in [0.1, 0.15) is 51.4 Å². The molecule has 4 aliphatic carbocycles. The normalized spacial score (nSPS) is 36.8. The predicted octanol–water partition coefficient (Wildman–Crippen LogP) is 2.94. The molecule has 0 radical (unpaired) electrons. The molecule has 0 aromatic carbocycles. The minimum atomic E-state index is -0.229. The number of pyridine rings is 1. The predicted molar refractivity (Wildman–Crippen MR) is 118 cm³/mol. The molecule has 4 bridgehead atoms. The number of piperazine rings is 1. The molecule has 6 heteroatoms. The maximum absolute atomic E-state index is 13.9. The zero-order chi connectivity index (χ0) is 21.0. The summed E-state index contributed by atoms with van der Waals surface area (Å²) in [5.41, 5.74) is 1.03. The highest BCUT2D eigenvalue weighted by Gasteiger charge is 2.57. The summed E-state index contributed by atoms with van der Waals surface area (Å²) >= 11 is 0. The maximum Gasteiger partial charge on any atom is 0.245 e. The minimum absolute atomic E-state index is 0.141. The third-order valence-electron chi connectivity index (χ3n) is 8.91. The van der Waals surface area contributed by atoms with Crippen molar-refractivity contribution in [3.05, 3.63) is 24.5 Å². The van der Waals surface area contributed by atoms with Crippen molar-refractivity contribution in [2.75, 3.05) is 37.6 Å². The molecule has 3 heterocycles. The van der Waals surface area contributed by atoms with Gasteiger partial charge in [-0.3, -0.25) is 14.6 Å². The number of likely N-dealkylation sites (tertiary alicyclic amines) is 1. The second-order valence-electron chi connectivity index (χ2n) is 10.9. The molecule has 2 amide bonds. The van der Waals surface area contributed by atoms with Gasteiger partial charge < -0.3 is 14.7 Å². The number of carbonyl (C=O) groups is 2. The van der Waals surface area contributed by atoms with E-state index in [9.17, 15) is 9.59 Å². The highest BCUT2D eigenvalue weighted by molar-refractivity contribution is 5.91. The van der Waals surface area contributed by atoms with Gasteiger partial charge in [0.15, 0.2) is 0 Å². The smallest absolute Gasteiger partial charge is 0.245 e. The van der Waals surface area contributed by atoms with Crippen LogP contribution in [0.15, 0.2) is 24.5 Å². The van der Waals surface area contributed by atoms with E-state index in [1.54, 1.807) is 0 Å². The lowest BCUT2D eigenvalue weighted by molar-refractivity contribution is -0.162. The number of nitrogens with zero attached hydrogens (tertiary/aromatic N) is 4. The monoisotopic (exact) mass is 422 g/mol. The van der Waals surface area contributed by atoms with Gasteiger partial charge in [-0.1, -0.05) is 0 Å². The molecule has 7 rings (SSSR count). The van der Waals surface area contributed by atoms with Crippen LogP contribution in [-0.4, -0.2) is 65.4 Å². The number of anilines is 1. The van der Waals surface area contributed by atoms with E-state index in [2.05, 4.69) is 9.88 Å². The molecule has 1 unspecified atom stereocenters. The molecule has 0 N–H and O–H groups in total. The molecule has 31 heavy (non-hydrogen) atoms. The fourth-order valence-electron chi connectivity index (χ4n) is 7.89. The summed E-state index contributed by atoms with van der Waals surface area (Å²) in [5.74, 6) is 2.79. The Hall–Kier alpha value is -2.11. The first-order chi connectivity index (χ1) is 15.1. The molecule has 6 nitrogen and oxygen atoms in total. The van der Waals surface area contributed by atoms with Gasteiger partial charge in [0, 0.05) is 50.8 Å². The van der Waals surface area contributed by atoms with Crippen LogP contribution in [0.4, 0.5) is 5.69 Å². The molecule has 6 fully saturated rings. The molecule has 4 saturated carbocycles. The van der Waals surface area contributed by atoms with Gasteiger partial charge in [-0.05, 0) is 81.3 Å². The maximum atomic E-state index is 13.9. The summed E-state index contributed by atoms with van der Waals surface area (Å²) in [6, 6.07) is 3.83. The van der Waals surface area contributed by atoms with Crippen LogP contribution < -0.4 is 4.90 Å². The van der Waals surface area contributed by atoms with Crippen molar-refractivity contribution in [2.24, 2.45) is 23.2 Å². The van der Waals surface area contributed by atoms with Gasteiger partial charge >= 0.3 is 0 Å². The van der Waals surface area contributed by atoms with Gasteiger partial charge in [-0.25, -0.2) is 0 Å². The molecule has 2 saturated heterocycles. The third-order valence-corrected chi connectivity index (χ3v) is 8.91. The Kier molecular flexibility index (Phi) is 4.73. The number of aromatic nitrogens is 1. The van der Waals surface area contributed by atoms with Gasteiger partial charge in [0.05, 0.1) is 5.41 Å². The number of rotatable bonds is 3. The first-order valence-electron chi connectivity index (χ1n) is 12.4. The van der Waals surface area contributed by atoms with Crippen molar-refractivity contribution >= 4 is 17.5 Å². The van der Waals surface area contributed by atoms with E-state index in [1.165, 1.54) is 24.9 Å². The first kappa shape index (κ1) is 19.6. The number of amides is 2. The fourth-order valence-corrected chi connectivity index (χ4v) is 7.89. The quantitative estimate of drug-likeness (QED) is 0.752. The lowest BCUT2D eigenvalue weighted by atomic mass is 9.49. The molecule has 0 spiro atoms. The van der Waals surface area contributed by atoms with Crippen LogP contribution in [0, 0.1) is 23.2 Å². The van der Waals surface area contributed by atoms with Crippen molar-refractivity contribution in [1.29, 1.82) is 0 Å². The zero-order valence-electron chi connectivity index (χ0n) is 18.4. The Bertz CT molecular complexity index is 813. The van der Waals surface area contributed by atoms with Crippen LogP contribution in [0.5, 0.6) is 0 Å². The topological polar surface area (TPSA) is 56.8 Å². The van der Waals surface area contributed by atoms with E-state index in [0.717, 1.165) is 82.6 Å². The highest BCUT2D eigenvalue weighted by Crippen LogP contribution is 2.60. The second-order valence-corrected chi connectivity index (χ2v) is 10.9. The zero-order valence-corrected chi connectivity index (χ0v) is 18.4. The average molecular weight is 423 g/mol. The van der Waals surface area contributed by atoms with Crippen molar-refractivity contribution in [1.82, 2.24) is 14.8 Å². The molecule has 6 aliphatic rings. The van der Waals surface area contributed by atoms with E-state index in [-0.39, 0.29) is 17.4 Å². The highest BCUT2D eigenvalue weighted by atomic mass is 16.2. The Morgan fingerprint density at radius 1 is 0.871 bits per heavy atom. The Morgan fingerprint density at radius 2 is 1.48 bits per heavy atom. The van der Waals surface area contributed by atoms with Gasteiger partial charge in [0.2, 0.25) is 11.8 Å². The summed E-state index contributed by atoms with van der Waals surface area (Å²) in [5, 5.41) is 0. The standard InChI is InChI=1S/C25H34N4O2/c30-23(28-10-8-27(9-11-28)21-3-5-26-6-4-21)22-2-1-7-29(22)24(31)25-15-18-12-19(16-25)14-20(13-18)17-25/h3-6,18-20,22H,1-2,7-17H2. The van der Waals surface area contributed by atoms with Crippen LogP contribution >= 0.6 is 0 Å². The van der Waals surface area contributed by atoms with Gasteiger partial charge in [-0.15, -0.1) is 0 Å². The molecule has 1 atom stereocenters. The van der Waals surface area contributed by atoms with E-state index in [4.69, 9.17) is 0 Å². The van der Waals surface area contributed by atoms with Crippen LogP contribution in [0.2, 0.25) is 0 Å². The van der Waals surface area contributed by atoms with E-state index in [1.807, 2.05) is 34.3 Å². The molecule has 166 valence electrons. The minimum Gasteiger partial charge on any atom is -0.368 e. The molecule has 1 aromatic rings.